The Balaban J connectivity index is 2.38. The molecule has 0 fully saturated rings. The summed E-state index contributed by atoms with van der Waals surface area (Å²) in [6.45, 7) is 3.34. The maximum Gasteiger partial charge on any atom is 0.262 e. The molecule has 1 amide bonds. The second-order valence-electron chi connectivity index (χ2n) is 5.08. The molecule has 2 N–H and O–H groups in total. The van der Waals surface area contributed by atoms with Gasteiger partial charge < -0.3 is 10.1 Å². The van der Waals surface area contributed by atoms with E-state index < -0.39 is 10.0 Å². The van der Waals surface area contributed by atoms with Gasteiger partial charge in [0.25, 0.3) is 10.0 Å². The number of ether oxygens (including phenoxy) is 1. The summed E-state index contributed by atoms with van der Waals surface area (Å²) in [4.78, 5) is 12.2. The molecule has 0 heterocycles. The first kappa shape index (κ1) is 19.1. The van der Waals surface area contributed by atoms with E-state index in [9.17, 15) is 13.2 Å². The summed E-state index contributed by atoms with van der Waals surface area (Å²) in [5.74, 6) is 0.898. The van der Waals surface area contributed by atoms with Crippen molar-refractivity contribution in [3.63, 3.8) is 0 Å². The lowest BCUT2D eigenvalue weighted by Crippen LogP contribution is -2.15. The minimum Gasteiger partial charge on any atom is -0.495 e. The first-order valence-electron chi connectivity index (χ1n) is 7.57. The van der Waals surface area contributed by atoms with E-state index in [-0.39, 0.29) is 10.8 Å². The number of carbonyl (C=O) groups is 1. The molecular formula is C17H20N2O4S2. The summed E-state index contributed by atoms with van der Waals surface area (Å²) >= 11 is 1.55. The van der Waals surface area contributed by atoms with Crippen molar-refractivity contribution < 1.29 is 17.9 Å². The first-order valence-corrected chi connectivity index (χ1v) is 10.0. The van der Waals surface area contributed by atoms with Crippen LogP contribution in [0.5, 0.6) is 5.75 Å². The highest BCUT2D eigenvalue weighted by Crippen LogP contribution is 2.31. The van der Waals surface area contributed by atoms with Crippen molar-refractivity contribution in [2.45, 2.75) is 23.6 Å². The van der Waals surface area contributed by atoms with Crippen molar-refractivity contribution >= 4 is 39.1 Å². The van der Waals surface area contributed by atoms with E-state index in [2.05, 4.69) is 10.0 Å². The highest BCUT2D eigenvalue weighted by molar-refractivity contribution is 7.99. The number of methoxy groups -OCH3 is 1. The van der Waals surface area contributed by atoms with Crippen LogP contribution >= 0.6 is 11.8 Å². The molecule has 2 aromatic rings. The van der Waals surface area contributed by atoms with Crippen LogP contribution in [0, 0.1) is 0 Å². The molecule has 0 aromatic heterocycles. The van der Waals surface area contributed by atoms with Crippen LogP contribution in [0.1, 0.15) is 13.8 Å². The number of para-hydroxylation sites is 1. The summed E-state index contributed by atoms with van der Waals surface area (Å²) in [6, 6.07) is 11.5. The minimum absolute atomic E-state index is 0.0355. The van der Waals surface area contributed by atoms with Crippen LogP contribution in [-0.4, -0.2) is 27.2 Å². The third-order valence-electron chi connectivity index (χ3n) is 3.22. The fourth-order valence-electron chi connectivity index (χ4n) is 2.18. The number of anilines is 2. The third-order valence-corrected chi connectivity index (χ3v) is 5.54. The summed E-state index contributed by atoms with van der Waals surface area (Å²) in [7, 11) is -2.36. The van der Waals surface area contributed by atoms with Gasteiger partial charge in [0.1, 0.15) is 5.75 Å². The Kier molecular flexibility index (Phi) is 6.33. The molecular weight excluding hydrogens is 360 g/mol. The molecule has 0 radical (unpaired) electrons. The number of hydrogen-bond acceptors (Lipinski definition) is 5. The number of thioether (sulfide) groups is 1. The van der Waals surface area contributed by atoms with Crippen LogP contribution in [-0.2, 0) is 14.8 Å². The Labute approximate surface area is 152 Å². The number of benzene rings is 2. The maximum atomic E-state index is 12.7. The Morgan fingerprint density at radius 1 is 1.16 bits per heavy atom. The Bertz CT molecular complexity index is 867. The first-order chi connectivity index (χ1) is 11.9. The molecule has 0 saturated heterocycles. The van der Waals surface area contributed by atoms with Crippen molar-refractivity contribution in [2.24, 2.45) is 0 Å². The van der Waals surface area contributed by atoms with Crippen LogP contribution < -0.4 is 14.8 Å². The number of rotatable bonds is 7. The molecule has 0 atom stereocenters. The zero-order valence-electron chi connectivity index (χ0n) is 14.2. The van der Waals surface area contributed by atoms with Crippen molar-refractivity contribution in [3.8, 4) is 5.75 Å². The molecule has 134 valence electrons. The van der Waals surface area contributed by atoms with Gasteiger partial charge in [-0.25, -0.2) is 8.42 Å². The standard InChI is InChI=1S/C17H20N2O4S2/c1-4-24-17-8-6-5-7-14(17)19-25(21,22)13-9-10-16(23-3)15(11-13)18-12(2)20/h5-11,19H,4H2,1-3H3,(H,18,20). The van der Waals surface area contributed by atoms with E-state index in [1.54, 1.807) is 23.9 Å². The molecule has 0 aliphatic rings. The van der Waals surface area contributed by atoms with Gasteiger partial charge in [0.2, 0.25) is 5.91 Å². The van der Waals surface area contributed by atoms with Gasteiger partial charge in [-0.05, 0) is 36.1 Å². The molecule has 0 spiro atoms. The zero-order chi connectivity index (χ0) is 18.4. The lowest BCUT2D eigenvalue weighted by molar-refractivity contribution is -0.114. The van der Waals surface area contributed by atoms with Gasteiger partial charge in [0, 0.05) is 11.8 Å². The number of sulfonamides is 1. The van der Waals surface area contributed by atoms with Crippen LogP contribution in [0.3, 0.4) is 0 Å². The lowest BCUT2D eigenvalue weighted by Gasteiger charge is -2.14. The summed E-state index contributed by atoms with van der Waals surface area (Å²) in [5, 5.41) is 2.57. The quantitative estimate of drug-likeness (QED) is 0.718. The maximum absolute atomic E-state index is 12.7. The normalized spacial score (nSPS) is 11.0. The predicted molar refractivity (Wildman–Crippen MR) is 101 cm³/mol. The second-order valence-corrected chi connectivity index (χ2v) is 8.07. The van der Waals surface area contributed by atoms with Crippen molar-refractivity contribution in [2.75, 3.05) is 22.9 Å². The van der Waals surface area contributed by atoms with Gasteiger partial charge in [0.05, 0.1) is 23.4 Å². The molecule has 0 aliphatic heterocycles. The van der Waals surface area contributed by atoms with Crippen molar-refractivity contribution in [1.82, 2.24) is 0 Å². The van der Waals surface area contributed by atoms with E-state index in [1.165, 1.54) is 32.2 Å². The number of carbonyl (C=O) groups excluding carboxylic acids is 1. The van der Waals surface area contributed by atoms with Crippen LogP contribution in [0.25, 0.3) is 0 Å². The average Bonchev–Trinajstić information content (AvgIpc) is 2.56. The summed E-state index contributed by atoms with van der Waals surface area (Å²) in [5.41, 5.74) is 0.820. The van der Waals surface area contributed by atoms with E-state index in [0.29, 0.717) is 17.1 Å². The average molecular weight is 380 g/mol. The van der Waals surface area contributed by atoms with E-state index in [4.69, 9.17) is 4.74 Å². The monoisotopic (exact) mass is 380 g/mol. The van der Waals surface area contributed by atoms with E-state index >= 15 is 0 Å². The Morgan fingerprint density at radius 2 is 1.88 bits per heavy atom. The molecule has 25 heavy (non-hydrogen) atoms. The van der Waals surface area contributed by atoms with E-state index in [1.807, 2.05) is 19.1 Å². The van der Waals surface area contributed by atoms with Gasteiger partial charge in [-0.3, -0.25) is 9.52 Å². The van der Waals surface area contributed by atoms with Gasteiger partial charge in [-0.2, -0.15) is 0 Å². The topological polar surface area (TPSA) is 84.5 Å². The van der Waals surface area contributed by atoms with Gasteiger partial charge >= 0.3 is 0 Å². The number of hydrogen-bond donors (Lipinski definition) is 2. The fourth-order valence-corrected chi connectivity index (χ4v) is 4.11. The fraction of sp³-hybridized carbons (Fsp3) is 0.235. The number of nitrogens with one attached hydrogen (secondary N) is 2. The molecule has 6 nitrogen and oxygen atoms in total. The van der Waals surface area contributed by atoms with E-state index in [0.717, 1.165) is 10.6 Å². The zero-order valence-corrected chi connectivity index (χ0v) is 15.8. The molecule has 0 saturated carbocycles. The minimum atomic E-state index is -3.81. The van der Waals surface area contributed by atoms with Crippen molar-refractivity contribution in [1.29, 1.82) is 0 Å². The van der Waals surface area contributed by atoms with Gasteiger partial charge in [-0.1, -0.05) is 19.1 Å². The van der Waals surface area contributed by atoms with Gasteiger partial charge in [0.15, 0.2) is 0 Å². The van der Waals surface area contributed by atoms with Gasteiger partial charge in [-0.15, -0.1) is 11.8 Å². The molecule has 0 aliphatic carbocycles. The predicted octanol–water partition coefficient (Wildman–Crippen LogP) is 3.57. The molecule has 8 heteroatoms. The summed E-state index contributed by atoms with van der Waals surface area (Å²) < 4.78 is 33.2. The second kappa shape index (κ2) is 8.26. The highest BCUT2D eigenvalue weighted by atomic mass is 32.2. The lowest BCUT2D eigenvalue weighted by atomic mass is 10.3. The summed E-state index contributed by atoms with van der Waals surface area (Å²) in [6.07, 6.45) is 0. The van der Waals surface area contributed by atoms with Crippen molar-refractivity contribution in [3.05, 3.63) is 42.5 Å². The molecule has 0 unspecified atom stereocenters. The van der Waals surface area contributed by atoms with Crippen LogP contribution in [0.4, 0.5) is 11.4 Å². The number of amides is 1. The Hall–Kier alpha value is -2.19. The third kappa shape index (κ3) is 4.90. The molecule has 2 rings (SSSR count). The molecule has 2 aromatic carbocycles. The SMILES string of the molecule is CCSc1ccccc1NS(=O)(=O)c1ccc(OC)c(NC(C)=O)c1. The highest BCUT2D eigenvalue weighted by Gasteiger charge is 2.18. The largest absolute Gasteiger partial charge is 0.495 e. The van der Waals surface area contributed by atoms with Crippen LogP contribution in [0.15, 0.2) is 52.3 Å². The van der Waals surface area contributed by atoms with Crippen LogP contribution in [0.2, 0.25) is 0 Å². The smallest absolute Gasteiger partial charge is 0.262 e. The Morgan fingerprint density at radius 3 is 2.52 bits per heavy atom. The molecule has 0 bridgehead atoms.